The molecule has 0 aliphatic carbocycles. The number of aliphatic hydroxyl groups excluding tert-OH is 1. The van der Waals surface area contributed by atoms with Crippen LogP contribution >= 0.6 is 0 Å². The molecule has 1 fully saturated rings. The van der Waals surface area contributed by atoms with Crippen molar-refractivity contribution in [1.82, 2.24) is 0 Å². The second kappa shape index (κ2) is 4.69. The largest absolute Gasteiger partial charge is 0.460 e. The van der Waals surface area contributed by atoms with Crippen molar-refractivity contribution in [3.05, 3.63) is 35.9 Å². The molecular formula is C14H21BO3. The molecule has 0 bridgehead atoms. The fraction of sp³-hybridized carbons (Fsp3) is 0.571. The molecule has 0 amide bonds. The van der Waals surface area contributed by atoms with Crippen LogP contribution in [-0.2, 0) is 9.31 Å². The Morgan fingerprint density at radius 2 is 1.56 bits per heavy atom. The van der Waals surface area contributed by atoms with Gasteiger partial charge in [-0.05, 0) is 33.3 Å². The van der Waals surface area contributed by atoms with Gasteiger partial charge >= 0.3 is 7.12 Å². The van der Waals surface area contributed by atoms with Crippen LogP contribution < -0.4 is 0 Å². The summed E-state index contributed by atoms with van der Waals surface area (Å²) < 4.78 is 11.7. The minimum absolute atomic E-state index is 0.339. The van der Waals surface area contributed by atoms with Gasteiger partial charge in [-0.2, -0.15) is 0 Å². The summed E-state index contributed by atoms with van der Waals surface area (Å²) >= 11 is 0. The van der Waals surface area contributed by atoms with E-state index in [0.29, 0.717) is 6.32 Å². The first-order valence-corrected chi connectivity index (χ1v) is 6.40. The number of benzene rings is 1. The molecule has 0 aromatic heterocycles. The molecule has 1 aliphatic rings. The van der Waals surface area contributed by atoms with Crippen molar-refractivity contribution in [2.45, 2.75) is 51.3 Å². The summed E-state index contributed by atoms with van der Waals surface area (Å²) in [6.45, 7) is 8.06. The minimum Gasteiger partial charge on any atom is -0.403 e. The minimum atomic E-state index is -0.555. The van der Waals surface area contributed by atoms with Crippen LogP contribution in [0.3, 0.4) is 0 Å². The third-order valence-corrected chi connectivity index (χ3v) is 3.90. The highest BCUT2D eigenvalue weighted by atomic mass is 16.7. The average Bonchev–Trinajstić information content (AvgIpc) is 2.48. The first-order valence-electron chi connectivity index (χ1n) is 6.40. The van der Waals surface area contributed by atoms with Crippen LogP contribution in [0.25, 0.3) is 0 Å². The van der Waals surface area contributed by atoms with Crippen LogP contribution in [0.4, 0.5) is 0 Å². The molecular weight excluding hydrogens is 227 g/mol. The highest BCUT2D eigenvalue weighted by molar-refractivity contribution is 6.45. The third kappa shape index (κ3) is 2.61. The average molecular weight is 248 g/mol. The van der Waals surface area contributed by atoms with Crippen LogP contribution in [-0.4, -0.2) is 23.4 Å². The molecule has 1 aromatic carbocycles. The molecule has 3 nitrogen and oxygen atoms in total. The molecule has 18 heavy (non-hydrogen) atoms. The Labute approximate surface area is 109 Å². The van der Waals surface area contributed by atoms with Gasteiger partial charge in [-0.1, -0.05) is 30.3 Å². The van der Waals surface area contributed by atoms with E-state index in [9.17, 15) is 5.11 Å². The zero-order valence-corrected chi connectivity index (χ0v) is 11.5. The molecule has 1 heterocycles. The van der Waals surface area contributed by atoms with Crippen LogP contribution in [0, 0.1) is 0 Å². The van der Waals surface area contributed by atoms with E-state index in [1.165, 1.54) is 0 Å². The number of rotatable bonds is 3. The third-order valence-electron chi connectivity index (χ3n) is 3.90. The second-order valence-electron chi connectivity index (χ2n) is 5.85. The summed E-state index contributed by atoms with van der Waals surface area (Å²) in [5.41, 5.74) is 0.217. The Morgan fingerprint density at radius 1 is 1.06 bits per heavy atom. The fourth-order valence-electron chi connectivity index (χ4n) is 2.05. The lowest BCUT2D eigenvalue weighted by Gasteiger charge is -2.32. The lowest BCUT2D eigenvalue weighted by atomic mass is 9.80. The second-order valence-corrected chi connectivity index (χ2v) is 5.85. The molecule has 1 saturated heterocycles. The Hall–Kier alpha value is -0.835. The van der Waals surface area contributed by atoms with E-state index in [-0.39, 0.29) is 18.3 Å². The molecule has 98 valence electrons. The van der Waals surface area contributed by atoms with Crippen molar-refractivity contribution in [3.63, 3.8) is 0 Å². The highest BCUT2D eigenvalue weighted by Crippen LogP contribution is 2.39. The van der Waals surface area contributed by atoms with Crippen molar-refractivity contribution in [2.24, 2.45) is 0 Å². The predicted octanol–water partition coefficient (Wildman–Crippen LogP) is 2.81. The van der Waals surface area contributed by atoms with Gasteiger partial charge < -0.3 is 14.4 Å². The highest BCUT2D eigenvalue weighted by Gasteiger charge is 2.51. The molecule has 1 atom stereocenters. The van der Waals surface area contributed by atoms with E-state index in [4.69, 9.17) is 9.31 Å². The van der Waals surface area contributed by atoms with E-state index >= 15 is 0 Å². The Kier molecular flexibility index (Phi) is 3.54. The maximum Gasteiger partial charge on any atom is 0.460 e. The predicted molar refractivity (Wildman–Crippen MR) is 72.3 cm³/mol. The van der Waals surface area contributed by atoms with Crippen molar-refractivity contribution in [3.8, 4) is 0 Å². The molecule has 1 unspecified atom stereocenters. The quantitative estimate of drug-likeness (QED) is 0.836. The van der Waals surface area contributed by atoms with Crippen molar-refractivity contribution < 1.29 is 14.4 Å². The fourth-order valence-corrected chi connectivity index (χ4v) is 2.05. The lowest BCUT2D eigenvalue weighted by Crippen LogP contribution is -2.41. The van der Waals surface area contributed by atoms with Gasteiger partial charge in [-0.3, -0.25) is 0 Å². The van der Waals surface area contributed by atoms with Gasteiger partial charge in [0.25, 0.3) is 0 Å². The summed E-state index contributed by atoms with van der Waals surface area (Å²) in [5.74, 6) is 0. The van der Waals surface area contributed by atoms with Crippen LogP contribution in [0.5, 0.6) is 0 Å². The monoisotopic (exact) mass is 248 g/mol. The van der Waals surface area contributed by atoms with Gasteiger partial charge in [0.1, 0.15) is 0 Å². The molecule has 1 aromatic rings. The first kappa shape index (κ1) is 13.6. The molecule has 0 spiro atoms. The molecule has 4 heteroatoms. The van der Waals surface area contributed by atoms with E-state index in [1.54, 1.807) is 0 Å². The molecule has 0 saturated carbocycles. The summed E-state index contributed by atoms with van der Waals surface area (Å²) in [6, 6.07) is 9.60. The normalized spacial score (nSPS) is 23.1. The standard InChI is InChI=1S/C14H21BO3/c1-13(2)14(3,4)18-15(17-13)10-12(16)11-8-6-5-7-9-11/h5-9,12,16H,10H2,1-4H3. The zero-order valence-electron chi connectivity index (χ0n) is 11.5. The summed E-state index contributed by atoms with van der Waals surface area (Å²) in [7, 11) is -0.356. The van der Waals surface area contributed by atoms with Gasteiger partial charge in [0, 0.05) is 6.32 Å². The summed E-state index contributed by atoms with van der Waals surface area (Å²) in [5, 5.41) is 10.2. The zero-order chi connectivity index (χ0) is 13.4. The maximum atomic E-state index is 10.2. The topological polar surface area (TPSA) is 38.7 Å². The first-order chi connectivity index (χ1) is 8.32. The maximum absolute atomic E-state index is 10.2. The summed E-state index contributed by atoms with van der Waals surface area (Å²) in [6.07, 6.45) is -0.0995. The van der Waals surface area contributed by atoms with E-state index in [0.717, 1.165) is 5.56 Å². The van der Waals surface area contributed by atoms with E-state index in [2.05, 4.69) is 0 Å². The van der Waals surface area contributed by atoms with Gasteiger partial charge in [-0.25, -0.2) is 0 Å². The number of aliphatic hydroxyl groups is 1. The smallest absolute Gasteiger partial charge is 0.403 e. The van der Waals surface area contributed by atoms with E-state index in [1.807, 2.05) is 58.0 Å². The van der Waals surface area contributed by atoms with Crippen LogP contribution in [0.2, 0.25) is 6.32 Å². The van der Waals surface area contributed by atoms with Gasteiger partial charge in [0.15, 0.2) is 0 Å². The number of hydrogen-bond acceptors (Lipinski definition) is 3. The summed E-state index contributed by atoms with van der Waals surface area (Å²) in [4.78, 5) is 0. The van der Waals surface area contributed by atoms with Gasteiger partial charge in [0.05, 0.1) is 17.3 Å². The van der Waals surface area contributed by atoms with Crippen molar-refractivity contribution in [1.29, 1.82) is 0 Å². The Balaban J connectivity index is 2.00. The Morgan fingerprint density at radius 3 is 2.06 bits per heavy atom. The number of hydrogen-bond donors (Lipinski definition) is 1. The molecule has 1 aliphatic heterocycles. The lowest BCUT2D eigenvalue weighted by molar-refractivity contribution is 0.00578. The Bertz CT molecular complexity index is 387. The SMILES string of the molecule is CC1(C)OB(CC(O)c2ccccc2)OC1(C)C. The molecule has 1 N–H and O–H groups in total. The van der Waals surface area contributed by atoms with Crippen molar-refractivity contribution in [2.75, 3.05) is 0 Å². The van der Waals surface area contributed by atoms with Crippen LogP contribution in [0.1, 0.15) is 39.4 Å². The van der Waals surface area contributed by atoms with Gasteiger partial charge in [0.2, 0.25) is 0 Å². The van der Waals surface area contributed by atoms with Crippen molar-refractivity contribution >= 4 is 7.12 Å². The molecule has 2 rings (SSSR count). The van der Waals surface area contributed by atoms with Gasteiger partial charge in [-0.15, -0.1) is 0 Å². The van der Waals surface area contributed by atoms with E-state index < -0.39 is 6.10 Å². The molecule has 0 radical (unpaired) electrons. The van der Waals surface area contributed by atoms with Crippen LogP contribution in [0.15, 0.2) is 30.3 Å².